The van der Waals surface area contributed by atoms with E-state index in [1.165, 1.54) is 48.5 Å². The van der Waals surface area contributed by atoms with E-state index >= 15 is 0 Å². The van der Waals surface area contributed by atoms with Crippen LogP contribution >= 0.6 is 0 Å². The number of aryl methyl sites for hydroxylation is 1. The number of aromatic nitrogens is 3. The number of anilines is 1. The van der Waals surface area contributed by atoms with Crippen LogP contribution in [0.5, 0.6) is 5.75 Å². The number of nitrogens with zero attached hydrogens (tertiary/aromatic N) is 3. The fourth-order valence-corrected chi connectivity index (χ4v) is 4.16. The lowest BCUT2D eigenvalue weighted by Gasteiger charge is -2.09. The highest BCUT2D eigenvalue weighted by Gasteiger charge is 2.23. The molecule has 0 atom stereocenters. The number of sulfonamides is 1. The summed E-state index contributed by atoms with van der Waals surface area (Å²) in [5, 5.41) is 3.99. The van der Waals surface area contributed by atoms with Gasteiger partial charge < -0.3 is 13.9 Å². The lowest BCUT2D eigenvalue weighted by molar-refractivity contribution is 0.0602. The second-order valence-corrected chi connectivity index (χ2v) is 8.98. The Hall–Kier alpha value is -4.38. The zero-order valence-corrected chi connectivity index (χ0v) is 19.8. The van der Waals surface area contributed by atoms with Crippen LogP contribution in [0.1, 0.15) is 21.8 Å². The second-order valence-electron chi connectivity index (χ2n) is 7.30. The average molecular weight is 495 g/mol. The van der Waals surface area contributed by atoms with Crippen LogP contribution in [0.2, 0.25) is 0 Å². The van der Waals surface area contributed by atoms with Crippen molar-refractivity contribution in [3.63, 3.8) is 0 Å². The third-order valence-corrected chi connectivity index (χ3v) is 6.33. The number of hydrogen-bond donors (Lipinski definition) is 1. The lowest BCUT2D eigenvalue weighted by Crippen LogP contribution is -2.16. The molecule has 180 valence electrons. The van der Waals surface area contributed by atoms with E-state index in [9.17, 15) is 13.2 Å². The minimum absolute atomic E-state index is 0.0437. The van der Waals surface area contributed by atoms with Gasteiger partial charge in [0.05, 0.1) is 12.0 Å². The molecule has 0 aliphatic carbocycles. The number of methoxy groups -OCH3 is 1. The summed E-state index contributed by atoms with van der Waals surface area (Å²) < 4.78 is 45.3. The van der Waals surface area contributed by atoms with Crippen molar-refractivity contribution >= 4 is 28.0 Å². The van der Waals surface area contributed by atoms with E-state index in [1.54, 1.807) is 6.92 Å². The van der Waals surface area contributed by atoms with Crippen LogP contribution in [0.3, 0.4) is 0 Å². The maximum atomic E-state index is 12.8. The molecule has 0 saturated heterocycles. The number of nitrogens with one attached hydrogen (secondary N) is 1. The van der Waals surface area contributed by atoms with E-state index in [4.69, 9.17) is 9.15 Å². The molecule has 0 fully saturated rings. The van der Waals surface area contributed by atoms with Crippen molar-refractivity contribution in [1.29, 1.82) is 0 Å². The maximum Gasteiger partial charge on any atom is 0.343 e. The standard InChI is InChI=1S/C24H22N4O6S/c1-4-28-14-20(24(29)32-3)22(26-28)27-35(30,31)19-12-10-18(11-13-19)33-15-21-16(2)34-23(25-21)17-8-6-5-7-9-17/h4-14H,1,15H2,2-3H3,(H,26,27). The van der Waals surface area contributed by atoms with Crippen molar-refractivity contribution in [2.75, 3.05) is 11.8 Å². The van der Waals surface area contributed by atoms with E-state index in [0.29, 0.717) is 23.1 Å². The molecule has 4 aromatic rings. The van der Waals surface area contributed by atoms with Crippen LogP contribution in [0, 0.1) is 6.92 Å². The average Bonchev–Trinajstić information content (AvgIpc) is 3.45. The third-order valence-electron chi connectivity index (χ3n) is 4.98. The molecule has 0 aliphatic rings. The summed E-state index contributed by atoms with van der Waals surface area (Å²) >= 11 is 0. The smallest absolute Gasteiger partial charge is 0.343 e. The van der Waals surface area contributed by atoms with Crippen molar-refractivity contribution in [1.82, 2.24) is 14.8 Å². The highest BCUT2D eigenvalue weighted by atomic mass is 32.2. The lowest BCUT2D eigenvalue weighted by atomic mass is 10.2. The summed E-state index contributed by atoms with van der Waals surface area (Å²) in [6.07, 6.45) is 2.62. The molecule has 2 aromatic heterocycles. The number of carbonyl (C=O) groups excluding carboxylic acids is 1. The normalized spacial score (nSPS) is 11.1. The molecule has 4 rings (SSSR count). The van der Waals surface area contributed by atoms with Gasteiger partial charge in [-0.05, 0) is 43.3 Å². The Balaban J connectivity index is 1.46. The highest BCUT2D eigenvalue weighted by Crippen LogP contribution is 2.24. The fraction of sp³-hybridized carbons (Fsp3) is 0.125. The Bertz CT molecular complexity index is 1460. The highest BCUT2D eigenvalue weighted by molar-refractivity contribution is 7.92. The quantitative estimate of drug-likeness (QED) is 0.345. The molecule has 0 amide bonds. The summed E-state index contributed by atoms with van der Waals surface area (Å²) in [6.45, 7) is 5.49. The van der Waals surface area contributed by atoms with Crippen LogP contribution < -0.4 is 9.46 Å². The number of oxazole rings is 1. The van der Waals surface area contributed by atoms with E-state index in [-0.39, 0.29) is 22.9 Å². The molecule has 35 heavy (non-hydrogen) atoms. The molecule has 0 spiro atoms. The van der Waals surface area contributed by atoms with Crippen molar-refractivity contribution in [3.8, 4) is 17.2 Å². The van der Waals surface area contributed by atoms with Gasteiger partial charge in [0.15, 0.2) is 5.82 Å². The first kappa shape index (κ1) is 23.8. The molecule has 10 nitrogen and oxygen atoms in total. The number of benzene rings is 2. The van der Waals surface area contributed by atoms with Crippen molar-refractivity contribution in [2.45, 2.75) is 18.4 Å². The van der Waals surface area contributed by atoms with Crippen LogP contribution in [-0.2, 0) is 21.4 Å². The molecular weight excluding hydrogens is 472 g/mol. The number of ether oxygens (including phenoxy) is 2. The summed E-state index contributed by atoms with van der Waals surface area (Å²) in [7, 11) is -2.85. The number of rotatable bonds is 9. The summed E-state index contributed by atoms with van der Waals surface area (Å²) in [5.41, 5.74) is 1.45. The Morgan fingerprint density at radius 2 is 1.89 bits per heavy atom. The van der Waals surface area contributed by atoms with Crippen LogP contribution in [0.25, 0.3) is 17.7 Å². The molecule has 1 N–H and O–H groups in total. The van der Waals surface area contributed by atoms with E-state index in [0.717, 1.165) is 5.56 Å². The van der Waals surface area contributed by atoms with Gasteiger partial charge in [-0.25, -0.2) is 22.9 Å². The van der Waals surface area contributed by atoms with Gasteiger partial charge in [-0.3, -0.25) is 4.72 Å². The number of hydrogen-bond acceptors (Lipinski definition) is 8. The molecule has 0 bridgehead atoms. The van der Waals surface area contributed by atoms with Crippen molar-refractivity contribution in [2.24, 2.45) is 0 Å². The minimum atomic E-state index is -4.04. The second kappa shape index (κ2) is 9.85. The Kier molecular flexibility index (Phi) is 6.69. The summed E-state index contributed by atoms with van der Waals surface area (Å²) in [5.74, 6) is 0.664. The van der Waals surface area contributed by atoms with Crippen LogP contribution in [0.15, 0.2) is 76.7 Å². The Labute approximate surface area is 201 Å². The molecule has 0 radical (unpaired) electrons. The topological polar surface area (TPSA) is 126 Å². The van der Waals surface area contributed by atoms with Gasteiger partial charge in [0.25, 0.3) is 10.0 Å². The van der Waals surface area contributed by atoms with Gasteiger partial charge in [0.2, 0.25) is 5.89 Å². The van der Waals surface area contributed by atoms with Crippen molar-refractivity contribution in [3.05, 3.63) is 84.4 Å². The zero-order valence-electron chi connectivity index (χ0n) is 19.0. The predicted molar refractivity (Wildman–Crippen MR) is 128 cm³/mol. The predicted octanol–water partition coefficient (Wildman–Crippen LogP) is 4.11. The van der Waals surface area contributed by atoms with Gasteiger partial charge in [-0.1, -0.05) is 24.8 Å². The summed E-state index contributed by atoms with van der Waals surface area (Å²) in [6, 6.07) is 15.3. The number of esters is 1. The molecule has 0 aliphatic heterocycles. The Morgan fingerprint density at radius 3 is 2.54 bits per heavy atom. The van der Waals surface area contributed by atoms with Gasteiger partial charge in [0, 0.05) is 18.0 Å². The van der Waals surface area contributed by atoms with Gasteiger partial charge in [-0.15, -0.1) is 5.10 Å². The van der Waals surface area contributed by atoms with Gasteiger partial charge in [-0.2, -0.15) is 0 Å². The molecule has 2 heterocycles. The van der Waals surface area contributed by atoms with Gasteiger partial charge in [0.1, 0.15) is 29.4 Å². The van der Waals surface area contributed by atoms with Crippen LogP contribution in [-0.4, -0.2) is 36.3 Å². The molecule has 0 unspecified atom stereocenters. The molecular formula is C24H22N4O6S. The van der Waals surface area contributed by atoms with E-state index in [2.05, 4.69) is 26.1 Å². The van der Waals surface area contributed by atoms with E-state index in [1.807, 2.05) is 30.3 Å². The largest absolute Gasteiger partial charge is 0.487 e. The maximum absolute atomic E-state index is 12.8. The first-order valence-electron chi connectivity index (χ1n) is 10.4. The SMILES string of the molecule is C=Cn1cc(C(=O)OC)c(NS(=O)(=O)c2ccc(OCc3nc(-c4ccccc4)oc3C)cc2)n1. The first-order valence-corrected chi connectivity index (χ1v) is 11.9. The fourth-order valence-electron chi connectivity index (χ4n) is 3.14. The molecule has 11 heteroatoms. The zero-order chi connectivity index (χ0) is 25.0. The number of carbonyl (C=O) groups is 1. The minimum Gasteiger partial charge on any atom is -0.487 e. The Morgan fingerprint density at radius 1 is 1.17 bits per heavy atom. The third kappa shape index (κ3) is 5.25. The first-order chi connectivity index (χ1) is 16.8. The van der Waals surface area contributed by atoms with Crippen molar-refractivity contribution < 1.29 is 27.1 Å². The monoisotopic (exact) mass is 494 g/mol. The van der Waals surface area contributed by atoms with Crippen LogP contribution in [0.4, 0.5) is 5.82 Å². The van der Waals surface area contributed by atoms with Gasteiger partial charge >= 0.3 is 5.97 Å². The molecule has 0 saturated carbocycles. The summed E-state index contributed by atoms with van der Waals surface area (Å²) in [4.78, 5) is 16.4. The molecule has 2 aromatic carbocycles. The van der Waals surface area contributed by atoms with E-state index < -0.39 is 16.0 Å².